The minimum atomic E-state index is 0.197. The molecule has 2 aliphatic rings. The Hall–Kier alpha value is -12.3. The second-order valence-electron chi connectivity index (χ2n) is 23.5. The van der Waals surface area contributed by atoms with Crippen LogP contribution in [0.2, 0.25) is 5.28 Å². The molecule has 11 aromatic carbocycles. The van der Waals surface area contributed by atoms with Crippen molar-refractivity contribution in [3.63, 3.8) is 0 Å². The largest absolute Gasteiger partial charge is 0.309 e. The zero-order valence-electron chi connectivity index (χ0n) is 49.9. The van der Waals surface area contributed by atoms with Crippen molar-refractivity contribution in [2.75, 3.05) is 0 Å². The standard InChI is InChI=1S/C41H25N5.C25H15ClN4.C17H11/c1-2-13-29(14-3-1)45-35-18-8-6-15-30(35)33-24-28(20-21-37(33)45)39-32-17-10-22-42-40(32)44-41(43-39)46-36-19-9-7-16-31(36)34-23-26-11-4-5-12-27(26)25-38(34)46;26-25-28-23(19-10-6-14-27-24(19)29-25)16-12-13-22-20(15-16)18-9-4-5-11-21(18)30(22)17-7-2-1-3-8-17;1-2-6-13-11-17-15(9-12(13)5-1)10-14-7-3-4-8-16(14)17/h1-25H;1-15H;1-2,4-9,11H,10H2/q;;+1. The predicted molar refractivity (Wildman–Crippen MR) is 383 cm³/mol. The number of fused-ring (bicyclic) bond motifs is 15. The molecular weight excluding hydrogens is 1160 g/mol. The van der Waals surface area contributed by atoms with Gasteiger partial charge in [-0.15, -0.1) is 0 Å². The molecule has 93 heavy (non-hydrogen) atoms. The Balaban J connectivity index is 0.000000115. The molecule has 0 saturated heterocycles. The van der Waals surface area contributed by atoms with Crippen LogP contribution in [0.25, 0.3) is 154 Å². The van der Waals surface area contributed by atoms with E-state index in [9.17, 15) is 0 Å². The first-order chi connectivity index (χ1) is 46.0. The first kappa shape index (κ1) is 53.7. The monoisotopic (exact) mass is 1210 g/mol. The van der Waals surface area contributed by atoms with Crippen molar-refractivity contribution >= 4 is 126 Å². The van der Waals surface area contributed by atoms with Crippen LogP contribution in [0.3, 0.4) is 0 Å². The molecule has 0 aliphatic heterocycles. The van der Waals surface area contributed by atoms with Gasteiger partial charge in [-0.1, -0.05) is 152 Å². The van der Waals surface area contributed by atoms with Gasteiger partial charge < -0.3 is 9.13 Å². The number of hydrogen-bond donors (Lipinski definition) is 0. The van der Waals surface area contributed by atoms with Gasteiger partial charge in [0.1, 0.15) is 12.2 Å². The minimum absolute atomic E-state index is 0.197. The van der Waals surface area contributed by atoms with E-state index in [1.54, 1.807) is 12.4 Å². The SMILES string of the molecule is Clc1nc(-c2ccc3c(c2)c2ccccc2n3-c2ccccc2)c2cccnc2n1.[C+]1=CC2=C(C=C1)c1cc3ccccc3cc1C2.c1ccc(-n2c3ccccc3c3cc(-c4nc(-n5c6ccccc6c6cc7ccccc7cc65)nc5ncccc45)ccc32)cc1. The van der Waals surface area contributed by atoms with Crippen LogP contribution in [0.4, 0.5) is 0 Å². The summed E-state index contributed by atoms with van der Waals surface area (Å²) < 4.78 is 6.82. The number of aromatic nitrogens is 9. The van der Waals surface area contributed by atoms with Gasteiger partial charge in [-0.05, 0) is 154 Å². The lowest BCUT2D eigenvalue weighted by Gasteiger charge is -2.12. The maximum Gasteiger partial charge on any atom is 0.237 e. The molecule has 0 bridgehead atoms. The Bertz CT molecular complexity index is 6180. The molecule has 0 unspecified atom stereocenters. The van der Waals surface area contributed by atoms with E-state index in [0.29, 0.717) is 17.2 Å². The molecule has 7 aromatic heterocycles. The highest BCUT2D eigenvalue weighted by atomic mass is 35.5. The normalized spacial score (nSPS) is 12.5. The summed E-state index contributed by atoms with van der Waals surface area (Å²) in [5, 5.41) is 14.1. The molecular formula is C83H51ClN9+. The predicted octanol–water partition coefficient (Wildman–Crippen LogP) is 20.6. The van der Waals surface area contributed by atoms with Crippen LogP contribution in [-0.4, -0.2) is 43.6 Å². The molecule has 0 amide bonds. The van der Waals surface area contributed by atoms with E-state index in [1.807, 2.05) is 30.3 Å². The Morgan fingerprint density at radius 1 is 0.355 bits per heavy atom. The van der Waals surface area contributed by atoms with Gasteiger partial charge in [-0.2, -0.15) is 9.97 Å². The maximum atomic E-state index is 6.20. The van der Waals surface area contributed by atoms with Gasteiger partial charge in [0, 0.05) is 96.0 Å². The minimum Gasteiger partial charge on any atom is -0.309 e. The summed E-state index contributed by atoms with van der Waals surface area (Å²) in [5.41, 5.74) is 19.6. The van der Waals surface area contributed by atoms with Gasteiger partial charge >= 0.3 is 0 Å². The molecule has 0 radical (unpaired) electrons. The van der Waals surface area contributed by atoms with Crippen molar-refractivity contribution in [1.29, 1.82) is 0 Å². The van der Waals surface area contributed by atoms with Crippen LogP contribution in [0.5, 0.6) is 0 Å². The number of benzene rings is 11. The average molecular weight is 1210 g/mol. The Kier molecular flexibility index (Phi) is 12.7. The molecule has 2 aliphatic carbocycles. The van der Waals surface area contributed by atoms with E-state index in [0.717, 1.165) is 73.1 Å². The van der Waals surface area contributed by atoms with Crippen LogP contribution in [0.15, 0.2) is 303 Å². The number of para-hydroxylation sites is 5. The smallest absolute Gasteiger partial charge is 0.237 e. The van der Waals surface area contributed by atoms with Gasteiger partial charge in [0.2, 0.25) is 11.2 Å². The van der Waals surface area contributed by atoms with Crippen LogP contribution in [0, 0.1) is 6.08 Å². The number of allylic oxidation sites excluding steroid dienone is 6. The first-order valence-electron chi connectivity index (χ1n) is 31.1. The molecule has 9 nitrogen and oxygen atoms in total. The quantitative estimate of drug-likeness (QED) is 0.126. The fraction of sp³-hybridized carbons (Fsp3) is 0.0120. The van der Waals surface area contributed by atoms with E-state index in [4.69, 9.17) is 26.6 Å². The Morgan fingerprint density at radius 2 is 0.817 bits per heavy atom. The second kappa shape index (κ2) is 22.0. The topological polar surface area (TPSA) is 92.1 Å². The molecule has 10 heteroatoms. The first-order valence-corrected chi connectivity index (χ1v) is 31.4. The zero-order chi connectivity index (χ0) is 61.5. The molecule has 20 rings (SSSR count). The van der Waals surface area contributed by atoms with Gasteiger partial charge in [0.25, 0.3) is 0 Å². The molecule has 0 fully saturated rings. The number of halogens is 1. The van der Waals surface area contributed by atoms with Crippen molar-refractivity contribution in [2.45, 2.75) is 6.42 Å². The van der Waals surface area contributed by atoms with Crippen LogP contribution in [-0.2, 0) is 6.42 Å². The lowest BCUT2D eigenvalue weighted by molar-refractivity contribution is 1.01. The fourth-order valence-corrected chi connectivity index (χ4v) is 14.2. The summed E-state index contributed by atoms with van der Waals surface area (Å²) >= 11 is 6.20. The third kappa shape index (κ3) is 9.13. The summed E-state index contributed by atoms with van der Waals surface area (Å²) in [6, 6.07) is 93.8. The number of rotatable bonds is 5. The molecule has 7 heterocycles. The highest BCUT2D eigenvalue weighted by Crippen LogP contribution is 2.42. The molecule has 18 aromatic rings. The second-order valence-corrected chi connectivity index (χ2v) is 23.8. The van der Waals surface area contributed by atoms with E-state index < -0.39 is 0 Å². The molecule has 0 saturated carbocycles. The van der Waals surface area contributed by atoms with E-state index in [1.165, 1.54) is 87.2 Å². The van der Waals surface area contributed by atoms with Gasteiger partial charge in [0.15, 0.2) is 11.3 Å². The highest BCUT2D eigenvalue weighted by molar-refractivity contribution is 6.29. The van der Waals surface area contributed by atoms with Crippen molar-refractivity contribution in [3.8, 4) is 39.8 Å². The number of pyridine rings is 2. The fourth-order valence-electron chi connectivity index (χ4n) is 14.0. The van der Waals surface area contributed by atoms with Gasteiger partial charge in [0.05, 0.1) is 61.7 Å². The average Bonchev–Trinajstić information content (AvgIpc) is 1.68. The third-order valence-corrected chi connectivity index (χ3v) is 18.3. The summed E-state index contributed by atoms with van der Waals surface area (Å²) in [6.45, 7) is 0. The van der Waals surface area contributed by atoms with Crippen molar-refractivity contribution in [1.82, 2.24) is 43.6 Å². The van der Waals surface area contributed by atoms with Crippen molar-refractivity contribution in [2.24, 2.45) is 0 Å². The van der Waals surface area contributed by atoms with Crippen molar-refractivity contribution in [3.05, 3.63) is 326 Å². The van der Waals surface area contributed by atoms with Crippen molar-refractivity contribution < 1.29 is 0 Å². The maximum absolute atomic E-state index is 6.20. The number of hydrogen-bond acceptors (Lipinski definition) is 6. The van der Waals surface area contributed by atoms with E-state index in [2.05, 4.69) is 290 Å². The van der Waals surface area contributed by atoms with E-state index in [-0.39, 0.29) is 5.28 Å². The third-order valence-electron chi connectivity index (χ3n) is 18.2. The summed E-state index contributed by atoms with van der Waals surface area (Å²) in [5.74, 6) is 0.606. The lowest BCUT2D eigenvalue weighted by atomic mass is 9.99. The molecule has 0 spiro atoms. The Labute approximate surface area is 538 Å². The van der Waals surface area contributed by atoms with Gasteiger partial charge in [-0.3, -0.25) is 4.57 Å². The highest BCUT2D eigenvalue weighted by Gasteiger charge is 2.27. The Morgan fingerprint density at radius 3 is 1.41 bits per heavy atom. The van der Waals surface area contributed by atoms with Crippen LogP contribution in [0.1, 0.15) is 11.1 Å². The van der Waals surface area contributed by atoms with E-state index >= 15 is 0 Å². The lowest BCUT2D eigenvalue weighted by Crippen LogP contribution is -2.04. The molecule has 0 atom stereocenters. The van der Waals surface area contributed by atoms with Crippen LogP contribution >= 0.6 is 11.6 Å². The summed E-state index contributed by atoms with van der Waals surface area (Å²) in [6.07, 6.45) is 14.0. The van der Waals surface area contributed by atoms with Gasteiger partial charge in [-0.25, -0.2) is 19.9 Å². The zero-order valence-corrected chi connectivity index (χ0v) is 50.7. The molecule has 0 N–H and O–H groups in total. The number of nitrogens with zero attached hydrogens (tertiary/aromatic N) is 9. The summed E-state index contributed by atoms with van der Waals surface area (Å²) in [7, 11) is 0. The summed E-state index contributed by atoms with van der Waals surface area (Å²) in [4.78, 5) is 28.3. The van der Waals surface area contributed by atoms with Crippen LogP contribution < -0.4 is 0 Å². The molecule has 434 valence electrons.